The first kappa shape index (κ1) is 26.5. The van der Waals surface area contributed by atoms with Crippen LogP contribution in [0.5, 0.6) is 0 Å². The van der Waals surface area contributed by atoms with Crippen molar-refractivity contribution in [2.24, 2.45) is 0 Å². The Morgan fingerprint density at radius 2 is 1.71 bits per heavy atom. The predicted molar refractivity (Wildman–Crippen MR) is 123 cm³/mol. The number of carbonyl (C=O) groups excluding carboxylic acids is 3. The second-order valence-electron chi connectivity index (χ2n) is 9.75. The van der Waals surface area contributed by atoms with Crippen molar-refractivity contribution in [1.82, 2.24) is 15.5 Å². The first-order chi connectivity index (χ1) is 14.3. The van der Waals surface area contributed by atoms with Gasteiger partial charge in [-0.25, -0.2) is 4.79 Å². The second kappa shape index (κ2) is 11.2. The van der Waals surface area contributed by atoms with Crippen LogP contribution >= 0.6 is 0 Å². The molecule has 0 spiro atoms. The van der Waals surface area contributed by atoms with Crippen LogP contribution in [0.4, 0.5) is 4.79 Å². The highest BCUT2D eigenvalue weighted by atomic mass is 16.6. The highest BCUT2D eigenvalue weighted by Crippen LogP contribution is 2.29. The van der Waals surface area contributed by atoms with Crippen molar-refractivity contribution in [3.63, 3.8) is 0 Å². The van der Waals surface area contributed by atoms with Crippen LogP contribution in [0.3, 0.4) is 0 Å². The van der Waals surface area contributed by atoms with Gasteiger partial charge in [0.05, 0.1) is 0 Å². The Balaban J connectivity index is 3.21. The fourth-order valence-corrected chi connectivity index (χ4v) is 3.20. The van der Waals surface area contributed by atoms with Gasteiger partial charge in [-0.3, -0.25) is 9.59 Å². The summed E-state index contributed by atoms with van der Waals surface area (Å²) in [7, 11) is 0. The number of carbonyl (C=O) groups is 3. The summed E-state index contributed by atoms with van der Waals surface area (Å²) in [6.45, 7) is 15.2. The van der Waals surface area contributed by atoms with E-state index in [0.29, 0.717) is 6.54 Å². The lowest BCUT2D eigenvalue weighted by Crippen LogP contribution is -2.55. The van der Waals surface area contributed by atoms with Gasteiger partial charge in [0.1, 0.15) is 18.2 Å². The number of amides is 3. The zero-order valence-corrected chi connectivity index (χ0v) is 20.3. The first-order valence-electron chi connectivity index (χ1n) is 10.9. The average Bonchev–Trinajstić information content (AvgIpc) is 2.61. The van der Waals surface area contributed by atoms with E-state index in [4.69, 9.17) is 4.74 Å². The van der Waals surface area contributed by atoms with Crippen LogP contribution in [0.2, 0.25) is 0 Å². The molecule has 1 aromatic carbocycles. The standard InChI is InChI=1S/C24H39N3O4/c1-9-10-14-25-21(29)20(18-13-11-12-17(2)15-18)27(23(3,4)5)19(28)16-26-22(30)31-24(6,7)8/h11-13,15,20H,9-10,14,16H2,1-8H3,(H,25,29)(H,26,30). The third-order valence-corrected chi connectivity index (χ3v) is 4.47. The number of rotatable bonds is 8. The normalized spacial score (nSPS) is 12.6. The summed E-state index contributed by atoms with van der Waals surface area (Å²) < 4.78 is 5.23. The van der Waals surface area contributed by atoms with E-state index < -0.39 is 23.3 Å². The molecule has 0 heterocycles. The Morgan fingerprint density at radius 3 is 2.23 bits per heavy atom. The summed E-state index contributed by atoms with van der Waals surface area (Å²) in [4.78, 5) is 40.1. The topological polar surface area (TPSA) is 87.7 Å². The molecule has 0 saturated heterocycles. The Kier molecular flexibility index (Phi) is 9.53. The number of nitrogens with zero attached hydrogens (tertiary/aromatic N) is 1. The van der Waals surface area contributed by atoms with E-state index in [9.17, 15) is 14.4 Å². The zero-order valence-electron chi connectivity index (χ0n) is 20.3. The molecular formula is C24H39N3O4. The highest BCUT2D eigenvalue weighted by Gasteiger charge is 2.38. The lowest BCUT2D eigenvalue weighted by molar-refractivity contribution is -0.145. The van der Waals surface area contributed by atoms with Gasteiger partial charge >= 0.3 is 6.09 Å². The molecule has 7 heteroatoms. The van der Waals surface area contributed by atoms with Gasteiger partial charge in [-0.2, -0.15) is 0 Å². The third kappa shape index (κ3) is 8.99. The molecule has 0 aliphatic carbocycles. The summed E-state index contributed by atoms with van der Waals surface area (Å²) in [5, 5.41) is 5.48. The fourth-order valence-electron chi connectivity index (χ4n) is 3.20. The van der Waals surface area contributed by atoms with Crippen LogP contribution in [-0.2, 0) is 14.3 Å². The maximum Gasteiger partial charge on any atom is 0.408 e. The number of hydrogen-bond donors (Lipinski definition) is 2. The lowest BCUT2D eigenvalue weighted by Gasteiger charge is -2.41. The van der Waals surface area contributed by atoms with Crippen molar-refractivity contribution in [1.29, 1.82) is 0 Å². The molecular weight excluding hydrogens is 394 g/mol. The van der Waals surface area contributed by atoms with Crippen molar-refractivity contribution >= 4 is 17.9 Å². The lowest BCUT2D eigenvalue weighted by atomic mass is 9.95. The number of unbranched alkanes of at least 4 members (excludes halogenated alkanes) is 1. The molecule has 1 rings (SSSR count). The molecule has 174 valence electrons. The average molecular weight is 434 g/mol. The number of aryl methyl sites for hydroxylation is 1. The van der Waals surface area contributed by atoms with Gasteiger partial charge in [-0.15, -0.1) is 0 Å². The second-order valence-corrected chi connectivity index (χ2v) is 9.75. The van der Waals surface area contributed by atoms with Crippen LogP contribution in [0, 0.1) is 6.92 Å². The number of nitrogens with one attached hydrogen (secondary N) is 2. The molecule has 3 amide bonds. The van der Waals surface area contributed by atoms with Crippen LogP contribution in [0.1, 0.15) is 78.5 Å². The minimum Gasteiger partial charge on any atom is -0.444 e. The van der Waals surface area contributed by atoms with Crippen molar-refractivity contribution in [2.75, 3.05) is 13.1 Å². The summed E-state index contributed by atoms with van der Waals surface area (Å²) in [6.07, 6.45) is 1.14. The fraction of sp³-hybridized carbons (Fsp3) is 0.625. The van der Waals surface area contributed by atoms with Crippen LogP contribution in [0.25, 0.3) is 0 Å². The summed E-state index contributed by atoms with van der Waals surface area (Å²) in [6, 6.07) is 6.77. The molecule has 0 bridgehead atoms. The molecule has 0 aromatic heterocycles. The molecule has 2 N–H and O–H groups in total. The Morgan fingerprint density at radius 1 is 1.06 bits per heavy atom. The summed E-state index contributed by atoms with van der Waals surface area (Å²) >= 11 is 0. The number of alkyl carbamates (subject to hydrolysis) is 1. The molecule has 0 saturated carbocycles. The monoisotopic (exact) mass is 433 g/mol. The third-order valence-electron chi connectivity index (χ3n) is 4.47. The summed E-state index contributed by atoms with van der Waals surface area (Å²) in [5.41, 5.74) is 0.398. The Labute approximate surface area is 186 Å². The maximum atomic E-state index is 13.3. The molecule has 1 atom stereocenters. The van der Waals surface area contributed by atoms with E-state index >= 15 is 0 Å². The smallest absolute Gasteiger partial charge is 0.408 e. The minimum absolute atomic E-state index is 0.236. The molecule has 1 aromatic rings. The van der Waals surface area contributed by atoms with E-state index in [1.807, 2.05) is 52.0 Å². The molecule has 0 aliphatic rings. The van der Waals surface area contributed by atoms with Gasteiger partial charge in [-0.05, 0) is 60.5 Å². The van der Waals surface area contributed by atoms with E-state index in [2.05, 4.69) is 17.6 Å². The Bertz CT molecular complexity index is 763. The largest absolute Gasteiger partial charge is 0.444 e. The zero-order chi connectivity index (χ0) is 23.8. The molecule has 7 nitrogen and oxygen atoms in total. The number of hydrogen-bond acceptors (Lipinski definition) is 4. The van der Waals surface area contributed by atoms with Gasteiger partial charge in [-0.1, -0.05) is 43.2 Å². The van der Waals surface area contributed by atoms with Crippen molar-refractivity contribution in [2.45, 2.75) is 85.4 Å². The molecule has 0 radical (unpaired) electrons. The Hall–Kier alpha value is -2.57. The maximum absolute atomic E-state index is 13.3. The van der Waals surface area contributed by atoms with Gasteiger partial charge in [0.25, 0.3) is 0 Å². The van der Waals surface area contributed by atoms with Gasteiger partial charge in [0.2, 0.25) is 11.8 Å². The minimum atomic E-state index is -0.815. The van der Waals surface area contributed by atoms with E-state index in [1.54, 1.807) is 25.7 Å². The van der Waals surface area contributed by atoms with Crippen molar-refractivity contribution < 1.29 is 19.1 Å². The summed E-state index contributed by atoms with van der Waals surface area (Å²) in [5.74, 6) is -0.602. The van der Waals surface area contributed by atoms with Gasteiger partial charge in [0.15, 0.2) is 0 Å². The SMILES string of the molecule is CCCCNC(=O)C(c1cccc(C)c1)N(C(=O)CNC(=O)OC(C)(C)C)C(C)(C)C. The number of benzene rings is 1. The quantitative estimate of drug-likeness (QED) is 0.604. The molecule has 0 fully saturated rings. The van der Waals surface area contributed by atoms with Crippen molar-refractivity contribution in [3.8, 4) is 0 Å². The van der Waals surface area contributed by atoms with E-state index in [0.717, 1.165) is 24.0 Å². The van der Waals surface area contributed by atoms with Crippen LogP contribution < -0.4 is 10.6 Å². The molecule has 0 aliphatic heterocycles. The van der Waals surface area contributed by atoms with Gasteiger partial charge < -0.3 is 20.3 Å². The van der Waals surface area contributed by atoms with Crippen molar-refractivity contribution in [3.05, 3.63) is 35.4 Å². The highest BCUT2D eigenvalue weighted by molar-refractivity contribution is 5.91. The first-order valence-corrected chi connectivity index (χ1v) is 10.9. The molecule has 1 unspecified atom stereocenters. The van der Waals surface area contributed by atoms with E-state index in [1.165, 1.54) is 0 Å². The number of ether oxygens (including phenoxy) is 1. The van der Waals surface area contributed by atoms with Crippen LogP contribution in [-0.4, -0.2) is 47.0 Å². The van der Waals surface area contributed by atoms with Crippen LogP contribution in [0.15, 0.2) is 24.3 Å². The predicted octanol–water partition coefficient (Wildman–Crippen LogP) is 4.10. The van der Waals surface area contributed by atoms with E-state index in [-0.39, 0.29) is 18.4 Å². The molecule has 31 heavy (non-hydrogen) atoms. The van der Waals surface area contributed by atoms with Gasteiger partial charge in [0, 0.05) is 12.1 Å².